The van der Waals surface area contributed by atoms with Crippen LogP contribution in [0, 0.1) is 5.82 Å². The van der Waals surface area contributed by atoms with Crippen LogP contribution < -0.4 is 5.49 Å². The van der Waals surface area contributed by atoms with Crippen LogP contribution in [0.1, 0.15) is 5.56 Å². The maximum atomic E-state index is 13.6. The third kappa shape index (κ3) is 3.44. The second-order valence-corrected chi connectivity index (χ2v) is 4.74. The number of rotatable bonds is 3. The first-order valence-corrected chi connectivity index (χ1v) is 7.12. The van der Waals surface area contributed by atoms with Crippen LogP contribution in [0.3, 0.4) is 0 Å². The number of nitrogens with zero attached hydrogens (tertiary/aromatic N) is 3. The lowest BCUT2D eigenvalue weighted by Gasteiger charge is -2.11. The van der Waals surface area contributed by atoms with Gasteiger partial charge in [0.25, 0.3) is 0 Å². The van der Waals surface area contributed by atoms with Crippen molar-refractivity contribution < 1.29 is 17.6 Å². The average molecular weight is 376 g/mol. The van der Waals surface area contributed by atoms with Crippen molar-refractivity contribution in [1.82, 2.24) is 4.68 Å². The molecule has 0 N–H and O–H groups in total. The summed E-state index contributed by atoms with van der Waals surface area (Å²) in [5.41, 5.74) is -0.201. The molecule has 0 aliphatic rings. The van der Waals surface area contributed by atoms with Crippen molar-refractivity contribution >= 4 is 22.6 Å². The molecule has 0 aliphatic carbocycles. The molecule has 0 spiro atoms. The molecule has 3 nitrogen and oxygen atoms in total. The quantitative estimate of drug-likeness (QED) is 0.335. The fourth-order valence-corrected chi connectivity index (χ4v) is 2.19. The highest BCUT2D eigenvalue weighted by atomic mass is 79.9. The van der Waals surface area contributed by atoms with E-state index in [-0.39, 0.29) is 16.5 Å². The van der Waals surface area contributed by atoms with Crippen molar-refractivity contribution in [3.05, 3.63) is 53.4 Å². The van der Waals surface area contributed by atoms with Gasteiger partial charge < -0.3 is 0 Å². The lowest BCUT2D eigenvalue weighted by Crippen LogP contribution is -2.19. The zero-order chi connectivity index (χ0) is 16.3. The molecule has 0 bridgehead atoms. The van der Waals surface area contributed by atoms with E-state index in [0.29, 0.717) is 11.6 Å². The number of benzene rings is 1. The second-order valence-electron chi connectivity index (χ2n) is 4.24. The summed E-state index contributed by atoms with van der Waals surface area (Å²) in [5.74, 6) is -0.975. The first-order chi connectivity index (χ1) is 10.4. The van der Waals surface area contributed by atoms with Crippen molar-refractivity contribution in [2.24, 2.45) is 10.1 Å². The molecule has 1 heterocycles. The van der Waals surface area contributed by atoms with Gasteiger partial charge in [-0.3, -0.25) is 4.99 Å². The van der Waals surface area contributed by atoms with Gasteiger partial charge in [-0.1, -0.05) is 15.9 Å². The molecule has 1 aromatic carbocycles. The predicted molar refractivity (Wildman–Crippen MR) is 79.1 cm³/mol. The largest absolute Gasteiger partial charge is 0.416 e. The maximum Gasteiger partial charge on any atom is 0.416 e. The number of hydrogen-bond donors (Lipinski definition) is 0. The van der Waals surface area contributed by atoms with Crippen molar-refractivity contribution in [3.8, 4) is 11.1 Å². The molecule has 0 amide bonds. The highest BCUT2D eigenvalue weighted by Gasteiger charge is 2.31. The van der Waals surface area contributed by atoms with Crippen LogP contribution >= 0.6 is 15.9 Å². The smallest absolute Gasteiger partial charge is 0.255 e. The maximum absolute atomic E-state index is 13.6. The highest BCUT2D eigenvalue weighted by Crippen LogP contribution is 2.32. The van der Waals surface area contributed by atoms with E-state index in [1.54, 1.807) is 12.3 Å². The average Bonchev–Trinajstić information content (AvgIpc) is 2.46. The van der Waals surface area contributed by atoms with Crippen molar-refractivity contribution in [1.29, 1.82) is 0 Å². The van der Waals surface area contributed by atoms with E-state index in [1.165, 1.54) is 10.7 Å². The summed E-state index contributed by atoms with van der Waals surface area (Å²) in [5, 5.41) is 3.71. The Morgan fingerprint density at radius 2 is 1.95 bits per heavy atom. The topological polar surface area (TPSA) is 29.6 Å². The molecule has 0 radical (unpaired) electrons. The van der Waals surface area contributed by atoms with Crippen LogP contribution in [-0.2, 0) is 6.18 Å². The van der Waals surface area contributed by atoms with Crippen LogP contribution in [0.25, 0.3) is 11.1 Å². The first kappa shape index (κ1) is 16.4. The van der Waals surface area contributed by atoms with E-state index in [2.05, 4.69) is 32.7 Å². The molecular weight excluding hydrogens is 366 g/mol. The first-order valence-electron chi connectivity index (χ1n) is 6.00. The molecule has 0 unspecified atom stereocenters. The van der Waals surface area contributed by atoms with E-state index < -0.39 is 17.6 Å². The lowest BCUT2D eigenvalue weighted by molar-refractivity contribution is -0.137. The molecule has 2 rings (SSSR count). The van der Waals surface area contributed by atoms with Crippen molar-refractivity contribution in [2.45, 2.75) is 6.18 Å². The van der Waals surface area contributed by atoms with Crippen molar-refractivity contribution in [2.75, 3.05) is 5.45 Å². The van der Waals surface area contributed by atoms with Gasteiger partial charge in [-0.25, -0.2) is 9.07 Å². The predicted octanol–water partition coefficient (Wildman–Crippen LogP) is 4.03. The molecule has 22 heavy (non-hydrogen) atoms. The molecule has 2 aromatic rings. The van der Waals surface area contributed by atoms with Gasteiger partial charge in [0.1, 0.15) is 5.82 Å². The molecule has 1 aromatic heterocycles. The van der Waals surface area contributed by atoms with E-state index in [9.17, 15) is 17.6 Å². The number of aromatic nitrogens is 1. The van der Waals surface area contributed by atoms with Gasteiger partial charge in [0, 0.05) is 18.5 Å². The fraction of sp³-hybridized carbons (Fsp3) is 0.143. The minimum Gasteiger partial charge on any atom is -0.255 e. The summed E-state index contributed by atoms with van der Waals surface area (Å²) >= 11 is 3.12. The van der Waals surface area contributed by atoms with Crippen LogP contribution in [-0.4, -0.2) is 16.8 Å². The van der Waals surface area contributed by atoms with Gasteiger partial charge in [0.15, 0.2) is 5.49 Å². The molecular formula is C14H10BrF4N3. The standard InChI is InChI=1S/C14H10BrF4N3/c1-20-22-4-2-3-12(13(22)21-8-15)9-5-10(14(17,18)19)7-11(16)6-9/h2-7H,1,8H2/b21-13-. The Morgan fingerprint density at radius 1 is 1.23 bits per heavy atom. The number of pyridine rings is 1. The Labute approximate surface area is 131 Å². The Balaban J connectivity index is 2.75. The summed E-state index contributed by atoms with van der Waals surface area (Å²) in [4.78, 5) is 4.12. The highest BCUT2D eigenvalue weighted by molar-refractivity contribution is 9.09. The van der Waals surface area contributed by atoms with Gasteiger partial charge in [-0.2, -0.15) is 18.3 Å². The fourth-order valence-electron chi connectivity index (χ4n) is 1.95. The SMILES string of the molecule is C=Nn1cccc(-c2cc(F)cc(C(F)(F)F)c2)/c1=N/CBr. The molecule has 0 fully saturated rings. The molecule has 0 saturated heterocycles. The minimum absolute atomic E-state index is 0.0602. The van der Waals surface area contributed by atoms with E-state index in [1.807, 2.05) is 0 Å². The zero-order valence-electron chi connectivity index (χ0n) is 11.1. The lowest BCUT2D eigenvalue weighted by atomic mass is 10.0. The molecule has 0 atom stereocenters. The number of alkyl halides is 4. The minimum atomic E-state index is -4.63. The Hall–Kier alpha value is -1.96. The molecule has 8 heteroatoms. The Bertz CT molecular complexity index is 765. The van der Waals surface area contributed by atoms with Gasteiger partial charge in [0.2, 0.25) is 0 Å². The van der Waals surface area contributed by atoms with Crippen LogP contribution in [0.2, 0.25) is 0 Å². The summed E-state index contributed by atoms with van der Waals surface area (Å²) in [6.07, 6.45) is -3.09. The summed E-state index contributed by atoms with van der Waals surface area (Å²) < 4.78 is 53.3. The monoisotopic (exact) mass is 375 g/mol. The summed E-state index contributed by atoms with van der Waals surface area (Å²) in [7, 11) is 0. The molecule has 0 aliphatic heterocycles. The molecule has 116 valence electrons. The van der Waals surface area contributed by atoms with Crippen LogP contribution in [0.4, 0.5) is 17.6 Å². The molecule has 0 saturated carbocycles. The van der Waals surface area contributed by atoms with Gasteiger partial charge >= 0.3 is 6.18 Å². The normalized spacial score (nSPS) is 12.5. The number of halogens is 5. The van der Waals surface area contributed by atoms with E-state index in [4.69, 9.17) is 0 Å². The Morgan fingerprint density at radius 3 is 2.55 bits per heavy atom. The summed E-state index contributed by atoms with van der Waals surface area (Å²) in [6, 6.07) is 5.45. The van der Waals surface area contributed by atoms with Crippen LogP contribution in [0.15, 0.2) is 46.6 Å². The number of hydrogen-bond acceptors (Lipinski definition) is 2. The van der Waals surface area contributed by atoms with E-state index >= 15 is 0 Å². The van der Waals surface area contributed by atoms with Gasteiger partial charge in [-0.05, 0) is 35.9 Å². The van der Waals surface area contributed by atoms with Crippen molar-refractivity contribution in [3.63, 3.8) is 0 Å². The summed E-state index contributed by atoms with van der Waals surface area (Å²) in [6.45, 7) is 3.37. The Kier molecular flexibility index (Phi) is 4.80. The van der Waals surface area contributed by atoms with Gasteiger partial charge in [0.05, 0.1) is 11.0 Å². The zero-order valence-corrected chi connectivity index (χ0v) is 12.7. The third-order valence-corrected chi connectivity index (χ3v) is 3.10. The third-order valence-electron chi connectivity index (χ3n) is 2.85. The van der Waals surface area contributed by atoms with E-state index in [0.717, 1.165) is 12.1 Å². The second kappa shape index (κ2) is 6.43. The van der Waals surface area contributed by atoms with Crippen LogP contribution in [0.5, 0.6) is 0 Å². The van der Waals surface area contributed by atoms with Gasteiger partial charge in [-0.15, -0.1) is 0 Å².